The van der Waals surface area contributed by atoms with Crippen LogP contribution in [0, 0.1) is 6.92 Å². The summed E-state index contributed by atoms with van der Waals surface area (Å²) in [6.07, 6.45) is 0.403. The van der Waals surface area contributed by atoms with Gasteiger partial charge in [-0.3, -0.25) is 9.59 Å². The summed E-state index contributed by atoms with van der Waals surface area (Å²) in [5.41, 5.74) is 5.29. The molecule has 5 rings (SSSR count). The first-order chi connectivity index (χ1) is 16.5. The molecule has 170 valence electrons. The van der Waals surface area contributed by atoms with E-state index in [0.29, 0.717) is 23.4 Å². The topological polar surface area (TPSA) is 74.8 Å². The number of aromatic nitrogens is 1. The summed E-state index contributed by atoms with van der Waals surface area (Å²) in [6, 6.07) is 23.1. The van der Waals surface area contributed by atoms with Crippen LogP contribution in [0.2, 0.25) is 0 Å². The summed E-state index contributed by atoms with van der Waals surface area (Å²) in [5.74, 6) is 0.487. The molecule has 6 heteroatoms. The molecule has 2 heterocycles. The van der Waals surface area contributed by atoms with Crippen molar-refractivity contribution in [3.8, 4) is 16.9 Å². The number of aromatic amines is 1. The van der Waals surface area contributed by atoms with E-state index < -0.39 is 0 Å². The normalized spacial score (nSPS) is 15.4. The van der Waals surface area contributed by atoms with E-state index in [-0.39, 0.29) is 17.5 Å². The number of nitrogens with zero attached hydrogens (tertiary/aromatic N) is 2. The quantitative estimate of drug-likeness (QED) is 0.463. The fourth-order valence-corrected chi connectivity index (χ4v) is 4.73. The van der Waals surface area contributed by atoms with Crippen molar-refractivity contribution < 1.29 is 9.53 Å². The van der Waals surface area contributed by atoms with E-state index in [1.165, 1.54) is 11.9 Å². The van der Waals surface area contributed by atoms with Crippen LogP contribution in [0.15, 0.2) is 82.7 Å². The molecule has 6 nitrogen and oxygen atoms in total. The zero-order valence-corrected chi connectivity index (χ0v) is 19.3. The maximum Gasteiger partial charge on any atom is 0.258 e. The molecule has 0 saturated carbocycles. The number of para-hydroxylation sites is 1. The van der Waals surface area contributed by atoms with Gasteiger partial charge in [-0.1, -0.05) is 60.7 Å². The Morgan fingerprint density at radius 3 is 2.50 bits per heavy atom. The van der Waals surface area contributed by atoms with Crippen LogP contribution in [-0.2, 0) is 4.79 Å². The molecular formula is C28H25N3O3. The van der Waals surface area contributed by atoms with Gasteiger partial charge >= 0.3 is 0 Å². The highest BCUT2D eigenvalue weighted by atomic mass is 16.5. The molecule has 1 atom stereocenters. The number of H-pyrrole nitrogens is 1. The maximum atomic E-state index is 13.5. The Bertz CT molecular complexity index is 1490. The van der Waals surface area contributed by atoms with Crippen LogP contribution in [-0.4, -0.2) is 28.7 Å². The summed E-state index contributed by atoms with van der Waals surface area (Å²) in [4.78, 5) is 29.1. The van der Waals surface area contributed by atoms with Gasteiger partial charge in [0.25, 0.3) is 5.56 Å². The van der Waals surface area contributed by atoms with E-state index in [1.807, 2.05) is 79.7 Å². The number of hydrazone groups is 1. The second-order valence-electron chi connectivity index (χ2n) is 8.49. The van der Waals surface area contributed by atoms with Gasteiger partial charge in [-0.25, -0.2) is 5.01 Å². The van der Waals surface area contributed by atoms with Gasteiger partial charge in [0.05, 0.1) is 24.4 Å². The van der Waals surface area contributed by atoms with Gasteiger partial charge in [0.2, 0.25) is 5.91 Å². The van der Waals surface area contributed by atoms with Crippen LogP contribution in [0.5, 0.6) is 5.75 Å². The average molecular weight is 452 g/mol. The van der Waals surface area contributed by atoms with Crippen LogP contribution in [0.4, 0.5) is 0 Å². The highest BCUT2D eigenvalue weighted by Gasteiger charge is 2.35. The number of rotatable bonds is 4. The first kappa shape index (κ1) is 21.6. The lowest BCUT2D eigenvalue weighted by Gasteiger charge is -2.22. The molecule has 0 saturated heterocycles. The van der Waals surface area contributed by atoms with E-state index >= 15 is 0 Å². The van der Waals surface area contributed by atoms with Crippen LogP contribution < -0.4 is 10.3 Å². The van der Waals surface area contributed by atoms with Crippen molar-refractivity contribution in [1.29, 1.82) is 0 Å². The van der Waals surface area contributed by atoms with E-state index in [1.54, 1.807) is 7.11 Å². The number of nitrogens with one attached hydrogen (secondary N) is 1. The third kappa shape index (κ3) is 3.67. The smallest absolute Gasteiger partial charge is 0.258 e. The van der Waals surface area contributed by atoms with Crippen molar-refractivity contribution in [2.24, 2.45) is 5.10 Å². The fraction of sp³-hybridized carbons (Fsp3) is 0.179. The number of ether oxygens (including phenoxy) is 1. The third-order valence-corrected chi connectivity index (χ3v) is 6.25. The Morgan fingerprint density at radius 2 is 1.76 bits per heavy atom. The second kappa shape index (κ2) is 8.63. The lowest BCUT2D eigenvalue weighted by atomic mass is 9.90. The van der Waals surface area contributed by atoms with Crippen LogP contribution >= 0.6 is 0 Å². The minimum absolute atomic E-state index is 0.194. The molecule has 0 spiro atoms. The van der Waals surface area contributed by atoms with Crippen LogP contribution in [0.3, 0.4) is 0 Å². The van der Waals surface area contributed by atoms with E-state index in [2.05, 4.69) is 10.1 Å². The second-order valence-corrected chi connectivity index (χ2v) is 8.49. The molecule has 0 fully saturated rings. The van der Waals surface area contributed by atoms with Crippen molar-refractivity contribution in [3.63, 3.8) is 0 Å². The Kier molecular flexibility index (Phi) is 5.49. The highest BCUT2D eigenvalue weighted by molar-refractivity contribution is 6.12. The third-order valence-electron chi connectivity index (χ3n) is 6.25. The highest BCUT2D eigenvalue weighted by Crippen LogP contribution is 2.39. The Balaban J connectivity index is 1.74. The predicted molar refractivity (Wildman–Crippen MR) is 134 cm³/mol. The van der Waals surface area contributed by atoms with Gasteiger partial charge in [0, 0.05) is 35.4 Å². The number of pyridine rings is 1. The summed E-state index contributed by atoms with van der Waals surface area (Å²) >= 11 is 0. The van der Waals surface area contributed by atoms with Crippen LogP contribution in [0.25, 0.3) is 22.0 Å². The SMILES string of the molecule is COc1ccccc1[C@H]1CC(c2c(-c3ccccc3)c3ccc(C)cc3[nH]c2=O)=NN1C(C)=O. The van der Waals surface area contributed by atoms with Gasteiger partial charge in [-0.05, 0) is 30.2 Å². The summed E-state index contributed by atoms with van der Waals surface area (Å²) in [5, 5.41) is 7.08. The molecule has 1 aliphatic heterocycles. The van der Waals surface area contributed by atoms with Crippen molar-refractivity contribution in [3.05, 3.63) is 99.8 Å². The average Bonchev–Trinajstić information content (AvgIpc) is 3.28. The monoisotopic (exact) mass is 451 g/mol. The number of hydrogen-bond donors (Lipinski definition) is 1. The zero-order chi connectivity index (χ0) is 23.8. The zero-order valence-electron chi connectivity index (χ0n) is 19.3. The van der Waals surface area contributed by atoms with Gasteiger partial charge in [-0.15, -0.1) is 0 Å². The van der Waals surface area contributed by atoms with Gasteiger partial charge < -0.3 is 9.72 Å². The maximum absolute atomic E-state index is 13.5. The molecule has 0 radical (unpaired) electrons. The predicted octanol–water partition coefficient (Wildman–Crippen LogP) is 5.21. The van der Waals surface area contributed by atoms with Crippen molar-refractivity contribution >= 4 is 22.5 Å². The first-order valence-electron chi connectivity index (χ1n) is 11.2. The number of hydrogen-bond acceptors (Lipinski definition) is 4. The summed E-state index contributed by atoms with van der Waals surface area (Å²) in [7, 11) is 1.61. The Hall–Kier alpha value is -4.19. The molecule has 1 amide bonds. The number of carbonyl (C=O) groups is 1. The largest absolute Gasteiger partial charge is 0.496 e. The van der Waals surface area contributed by atoms with Crippen molar-refractivity contribution in [2.75, 3.05) is 7.11 Å². The first-order valence-corrected chi connectivity index (χ1v) is 11.2. The van der Waals surface area contributed by atoms with Gasteiger partial charge in [0.1, 0.15) is 5.75 Å². The molecule has 0 unspecified atom stereocenters. The molecule has 34 heavy (non-hydrogen) atoms. The molecular weight excluding hydrogens is 426 g/mol. The lowest BCUT2D eigenvalue weighted by molar-refractivity contribution is -0.130. The molecule has 0 aliphatic carbocycles. The molecule has 1 aliphatic rings. The molecule has 0 bridgehead atoms. The standard InChI is InChI=1S/C28H25N3O3/c1-17-13-14-20-22(15-17)29-28(33)27(26(20)19-9-5-4-6-10-19)23-16-24(31(30-23)18(2)32)21-11-7-8-12-25(21)34-3/h4-15,24H,16H2,1-3H3,(H,29,33)/t24-/m1/s1. The van der Waals surface area contributed by atoms with E-state index in [4.69, 9.17) is 4.74 Å². The minimum atomic E-state index is -0.361. The molecule has 4 aromatic rings. The lowest BCUT2D eigenvalue weighted by Crippen LogP contribution is -2.24. The van der Waals surface area contributed by atoms with Gasteiger partial charge in [-0.2, -0.15) is 5.10 Å². The molecule has 3 aromatic carbocycles. The number of amides is 1. The van der Waals surface area contributed by atoms with E-state index in [9.17, 15) is 9.59 Å². The fourth-order valence-electron chi connectivity index (χ4n) is 4.73. The Morgan fingerprint density at radius 1 is 1.03 bits per heavy atom. The molecule has 1 aromatic heterocycles. The Labute approximate surface area is 197 Å². The van der Waals surface area contributed by atoms with Gasteiger partial charge in [0.15, 0.2) is 0 Å². The number of fused-ring (bicyclic) bond motifs is 1. The molecule has 1 N–H and O–H groups in total. The van der Waals surface area contributed by atoms with Crippen molar-refractivity contribution in [2.45, 2.75) is 26.3 Å². The number of carbonyl (C=O) groups excluding carboxylic acids is 1. The summed E-state index contributed by atoms with van der Waals surface area (Å²) < 4.78 is 5.56. The van der Waals surface area contributed by atoms with Crippen LogP contribution in [0.1, 0.15) is 36.1 Å². The number of benzene rings is 3. The summed E-state index contributed by atoms with van der Waals surface area (Å²) in [6.45, 7) is 3.48. The number of aryl methyl sites for hydroxylation is 1. The number of methoxy groups -OCH3 is 1. The minimum Gasteiger partial charge on any atom is -0.496 e. The van der Waals surface area contributed by atoms with E-state index in [0.717, 1.165) is 33.2 Å². The van der Waals surface area contributed by atoms with Crippen molar-refractivity contribution in [1.82, 2.24) is 9.99 Å².